The fraction of sp³-hybridized carbons (Fsp3) is 0.263. The molecule has 2 amide bonds. The van der Waals surface area contributed by atoms with Crippen LogP contribution in [0.15, 0.2) is 34.8 Å². The number of rotatable bonds is 11. The van der Waals surface area contributed by atoms with Crippen LogP contribution in [0.25, 0.3) is 0 Å². The Balaban J connectivity index is 1.75. The Hall–Kier alpha value is -4.29. The third-order valence-electron chi connectivity index (χ3n) is 4.96. The SMILES string of the molecule is C[C@H]1[C@H](NC(=O)/C(=N\OC(COc2ccc(C(=N)N)cc2)C(=O)O)c2csc(N)n2)C(=O)N1S(=O)(=O)O. The lowest BCUT2D eigenvalue weighted by molar-refractivity contribution is -0.152. The molecule has 18 heteroatoms. The average molecular weight is 556 g/mol. The molecule has 3 rings (SSSR count). The van der Waals surface area contributed by atoms with Crippen LogP contribution < -0.4 is 21.5 Å². The van der Waals surface area contributed by atoms with E-state index in [2.05, 4.69) is 15.5 Å². The quantitative estimate of drug-likeness (QED) is 0.0626. The van der Waals surface area contributed by atoms with Crippen molar-refractivity contribution in [2.24, 2.45) is 10.9 Å². The van der Waals surface area contributed by atoms with Crippen molar-refractivity contribution in [1.29, 1.82) is 5.41 Å². The molecule has 1 unspecified atom stereocenters. The number of nitrogen functional groups attached to an aromatic ring is 2. The number of hydrogen-bond donors (Lipinski definition) is 6. The molecular weight excluding hydrogens is 534 g/mol. The van der Waals surface area contributed by atoms with Crippen LogP contribution in [-0.4, -0.2) is 81.5 Å². The monoisotopic (exact) mass is 555 g/mol. The summed E-state index contributed by atoms with van der Waals surface area (Å²) in [5, 5.41) is 24.1. The molecule has 0 aliphatic carbocycles. The Labute approximate surface area is 213 Å². The number of carbonyl (C=O) groups is 3. The molecule has 1 aliphatic rings. The number of oxime groups is 1. The molecule has 1 fully saturated rings. The number of amides is 2. The summed E-state index contributed by atoms with van der Waals surface area (Å²) in [6.45, 7) is 0.739. The van der Waals surface area contributed by atoms with Crippen LogP contribution in [0.2, 0.25) is 0 Å². The number of nitrogens with two attached hydrogens (primary N) is 2. The maximum Gasteiger partial charge on any atom is 0.362 e. The Morgan fingerprint density at radius 1 is 1.35 bits per heavy atom. The van der Waals surface area contributed by atoms with Gasteiger partial charge in [-0.1, -0.05) is 5.16 Å². The van der Waals surface area contributed by atoms with E-state index in [1.165, 1.54) is 36.6 Å². The van der Waals surface area contributed by atoms with Crippen LogP contribution in [-0.2, 0) is 29.5 Å². The Kier molecular flexibility index (Phi) is 7.94. The van der Waals surface area contributed by atoms with E-state index in [0.717, 1.165) is 11.3 Å². The van der Waals surface area contributed by atoms with Gasteiger partial charge in [0, 0.05) is 10.9 Å². The van der Waals surface area contributed by atoms with Crippen LogP contribution in [0.4, 0.5) is 5.13 Å². The molecule has 2 aromatic rings. The van der Waals surface area contributed by atoms with Crippen molar-refractivity contribution in [2.45, 2.75) is 25.1 Å². The number of benzene rings is 1. The van der Waals surface area contributed by atoms with E-state index in [1.54, 1.807) is 0 Å². The summed E-state index contributed by atoms with van der Waals surface area (Å²) in [4.78, 5) is 45.6. The Bertz CT molecular complexity index is 1360. The van der Waals surface area contributed by atoms with Crippen molar-refractivity contribution >= 4 is 56.1 Å². The molecule has 8 N–H and O–H groups in total. The number of carbonyl (C=O) groups excluding carboxylic acids is 2. The van der Waals surface area contributed by atoms with Crippen LogP contribution in [0.5, 0.6) is 5.75 Å². The molecule has 1 aromatic heterocycles. The van der Waals surface area contributed by atoms with Gasteiger partial charge >= 0.3 is 16.3 Å². The standard InChI is InChI=1S/C19H21N7O9S2/c1-8-13(17(28)26(8)37(31,32)33)24-16(27)14(11-7-36-19(22)23-11)25-35-12(18(29)30)6-34-10-4-2-9(3-5-10)15(20)21/h2-5,7-8,12-13H,6H2,1H3,(H3,20,21)(H2,22,23)(H,24,27)(H,29,30)(H,31,32,33)/b25-14-/t8-,12?,13-/m0/s1. The lowest BCUT2D eigenvalue weighted by atomic mass is 10.0. The van der Waals surface area contributed by atoms with Crippen molar-refractivity contribution in [2.75, 3.05) is 12.3 Å². The number of ether oxygens (including phenoxy) is 1. The number of aliphatic carboxylic acids is 1. The fourth-order valence-electron chi connectivity index (χ4n) is 3.08. The zero-order valence-electron chi connectivity index (χ0n) is 18.9. The van der Waals surface area contributed by atoms with Crippen molar-refractivity contribution in [1.82, 2.24) is 14.6 Å². The van der Waals surface area contributed by atoms with Gasteiger partial charge in [0.2, 0.25) is 0 Å². The maximum absolute atomic E-state index is 12.9. The van der Waals surface area contributed by atoms with E-state index in [9.17, 15) is 27.9 Å². The minimum atomic E-state index is -4.81. The highest BCUT2D eigenvalue weighted by molar-refractivity contribution is 7.84. The van der Waals surface area contributed by atoms with Gasteiger partial charge in [-0.15, -0.1) is 11.3 Å². The number of nitrogens with one attached hydrogen (secondary N) is 2. The number of amidine groups is 1. The van der Waals surface area contributed by atoms with Gasteiger partial charge in [0.05, 0.1) is 6.04 Å². The van der Waals surface area contributed by atoms with Crippen molar-refractivity contribution in [3.05, 3.63) is 40.9 Å². The summed E-state index contributed by atoms with van der Waals surface area (Å²) in [5.41, 5.74) is 10.8. The fourth-order valence-corrected chi connectivity index (χ4v) is 4.51. The highest BCUT2D eigenvalue weighted by Crippen LogP contribution is 2.23. The normalized spacial score (nSPS) is 18.5. The summed E-state index contributed by atoms with van der Waals surface area (Å²) in [6, 6.07) is 3.47. The van der Waals surface area contributed by atoms with Crippen molar-refractivity contribution in [3.8, 4) is 5.75 Å². The molecule has 16 nitrogen and oxygen atoms in total. The molecule has 198 valence electrons. The molecule has 0 spiro atoms. The summed E-state index contributed by atoms with van der Waals surface area (Å²) in [6.07, 6.45) is -1.69. The third kappa shape index (κ3) is 6.29. The molecule has 1 aliphatic heterocycles. The number of anilines is 1. The highest BCUT2D eigenvalue weighted by Gasteiger charge is 2.51. The maximum atomic E-state index is 12.9. The molecular formula is C19H21N7O9S2. The smallest absolute Gasteiger partial charge is 0.362 e. The number of hydrogen-bond acceptors (Lipinski definition) is 12. The first-order chi connectivity index (χ1) is 17.3. The second-order valence-electron chi connectivity index (χ2n) is 7.50. The van der Waals surface area contributed by atoms with Gasteiger partial charge in [-0.2, -0.15) is 8.42 Å². The Morgan fingerprint density at radius 2 is 2.00 bits per heavy atom. The van der Waals surface area contributed by atoms with Crippen LogP contribution in [0.1, 0.15) is 18.2 Å². The van der Waals surface area contributed by atoms with Gasteiger partial charge in [-0.3, -0.25) is 19.6 Å². The second kappa shape index (κ2) is 10.8. The number of carboxylic acids is 1. The van der Waals surface area contributed by atoms with Crippen molar-refractivity contribution in [3.63, 3.8) is 0 Å². The summed E-state index contributed by atoms with van der Waals surface area (Å²) < 4.78 is 37.2. The number of β-lactam (4-membered cyclic amide) rings is 1. The lowest BCUT2D eigenvalue weighted by Gasteiger charge is -2.42. The minimum absolute atomic E-state index is 0.0493. The van der Waals surface area contributed by atoms with Gasteiger partial charge in [0.1, 0.15) is 29.9 Å². The number of thiazole rings is 1. The molecule has 1 saturated heterocycles. The van der Waals surface area contributed by atoms with Crippen LogP contribution >= 0.6 is 11.3 Å². The van der Waals surface area contributed by atoms with Crippen LogP contribution in [0, 0.1) is 5.41 Å². The molecule has 3 atom stereocenters. The summed E-state index contributed by atoms with van der Waals surface area (Å²) >= 11 is 0.943. The zero-order valence-corrected chi connectivity index (χ0v) is 20.5. The predicted molar refractivity (Wildman–Crippen MR) is 128 cm³/mol. The van der Waals surface area contributed by atoms with E-state index < -0.39 is 58.6 Å². The number of aromatic nitrogens is 1. The third-order valence-corrected chi connectivity index (χ3v) is 6.65. The van der Waals surface area contributed by atoms with Gasteiger partial charge in [-0.05, 0) is 31.2 Å². The molecule has 0 saturated carbocycles. The van der Waals surface area contributed by atoms with Gasteiger partial charge in [0.25, 0.3) is 17.9 Å². The van der Waals surface area contributed by atoms with E-state index in [0.29, 0.717) is 5.56 Å². The highest BCUT2D eigenvalue weighted by atomic mass is 32.2. The van der Waals surface area contributed by atoms with Crippen molar-refractivity contribution < 1.29 is 42.0 Å². The first kappa shape index (κ1) is 27.3. The van der Waals surface area contributed by atoms with E-state index in [4.69, 9.17) is 31.0 Å². The van der Waals surface area contributed by atoms with E-state index in [1.807, 2.05) is 0 Å². The van der Waals surface area contributed by atoms with E-state index >= 15 is 0 Å². The first-order valence-corrected chi connectivity index (χ1v) is 12.4. The summed E-state index contributed by atoms with van der Waals surface area (Å²) in [5.74, 6) is -3.53. The molecule has 1 aromatic carbocycles. The zero-order chi connectivity index (χ0) is 27.5. The van der Waals surface area contributed by atoms with Gasteiger partial charge in [0.15, 0.2) is 10.8 Å². The lowest BCUT2D eigenvalue weighted by Crippen LogP contribution is -2.71. The molecule has 37 heavy (non-hydrogen) atoms. The van der Waals surface area contributed by atoms with E-state index in [-0.39, 0.29) is 26.7 Å². The summed E-state index contributed by atoms with van der Waals surface area (Å²) in [7, 11) is -4.81. The number of nitrogens with zero attached hydrogens (tertiary/aromatic N) is 3. The molecule has 0 radical (unpaired) electrons. The molecule has 0 bridgehead atoms. The first-order valence-electron chi connectivity index (χ1n) is 10.2. The predicted octanol–water partition coefficient (Wildman–Crippen LogP) is -1.22. The topological polar surface area (TPSA) is 261 Å². The second-order valence-corrected chi connectivity index (χ2v) is 9.67. The van der Waals surface area contributed by atoms with Crippen LogP contribution in [0.3, 0.4) is 0 Å². The van der Waals surface area contributed by atoms with Gasteiger partial charge in [-0.25, -0.2) is 14.1 Å². The minimum Gasteiger partial charge on any atom is -0.489 e. The average Bonchev–Trinajstić information content (AvgIpc) is 3.24. The Morgan fingerprint density at radius 3 is 2.49 bits per heavy atom. The van der Waals surface area contributed by atoms with Gasteiger partial charge < -0.3 is 31.5 Å². The number of carboxylic acid groups (broad SMARTS) is 1. The largest absolute Gasteiger partial charge is 0.489 e. The molecule has 2 heterocycles.